The quantitative estimate of drug-likeness (QED) is 0.747. The number of nitrogens with one attached hydrogen (secondary N) is 1. The first kappa shape index (κ1) is 19.8. The van der Waals surface area contributed by atoms with Gasteiger partial charge in [0.1, 0.15) is 0 Å². The number of ether oxygens (including phenoxy) is 2. The molecule has 0 heterocycles. The summed E-state index contributed by atoms with van der Waals surface area (Å²) in [7, 11) is 3.13. The Morgan fingerprint density at radius 2 is 1.83 bits per heavy atom. The highest BCUT2D eigenvalue weighted by Gasteiger charge is 2.12. The van der Waals surface area contributed by atoms with E-state index in [0.29, 0.717) is 37.1 Å². The fourth-order valence-corrected chi connectivity index (χ4v) is 2.39. The minimum Gasteiger partial charge on any atom is -0.493 e. The van der Waals surface area contributed by atoms with Crippen LogP contribution in [0.1, 0.15) is 26.3 Å². The van der Waals surface area contributed by atoms with E-state index in [1.54, 1.807) is 38.2 Å². The van der Waals surface area contributed by atoms with Gasteiger partial charge in [-0.3, -0.25) is 9.59 Å². The van der Waals surface area contributed by atoms with Crippen molar-refractivity contribution in [3.05, 3.63) is 23.8 Å². The molecular formula is C18H28N2O4. The predicted molar refractivity (Wildman–Crippen MR) is 93.4 cm³/mol. The van der Waals surface area contributed by atoms with Gasteiger partial charge >= 0.3 is 0 Å². The molecule has 2 amide bonds. The van der Waals surface area contributed by atoms with Crippen LogP contribution in [0.25, 0.3) is 0 Å². The van der Waals surface area contributed by atoms with Crippen LogP contribution >= 0.6 is 0 Å². The van der Waals surface area contributed by atoms with Crippen LogP contribution in [0.5, 0.6) is 11.5 Å². The molecule has 24 heavy (non-hydrogen) atoms. The Bertz CT molecular complexity index is 558. The molecule has 1 aromatic rings. The summed E-state index contributed by atoms with van der Waals surface area (Å²) < 4.78 is 10.4. The SMILES string of the molecule is COc1ccc(CC(=O)NCCN(CC(C)C)C(C)=O)cc1OC. The van der Waals surface area contributed by atoms with E-state index in [1.165, 1.54) is 0 Å². The van der Waals surface area contributed by atoms with Gasteiger partial charge in [0.25, 0.3) is 0 Å². The van der Waals surface area contributed by atoms with Crippen molar-refractivity contribution in [1.29, 1.82) is 0 Å². The number of carbonyl (C=O) groups excluding carboxylic acids is 2. The maximum absolute atomic E-state index is 12.1. The average molecular weight is 336 g/mol. The maximum Gasteiger partial charge on any atom is 0.224 e. The van der Waals surface area contributed by atoms with Crippen LogP contribution in [-0.4, -0.2) is 50.6 Å². The van der Waals surface area contributed by atoms with Gasteiger partial charge in [0.05, 0.1) is 20.6 Å². The van der Waals surface area contributed by atoms with Crippen LogP contribution in [0.15, 0.2) is 18.2 Å². The van der Waals surface area contributed by atoms with Crippen molar-refractivity contribution in [3.8, 4) is 11.5 Å². The smallest absolute Gasteiger partial charge is 0.224 e. The normalized spacial score (nSPS) is 10.4. The zero-order valence-corrected chi connectivity index (χ0v) is 15.2. The second kappa shape index (κ2) is 9.80. The van der Waals surface area contributed by atoms with E-state index in [4.69, 9.17) is 9.47 Å². The summed E-state index contributed by atoms with van der Waals surface area (Å²) >= 11 is 0. The third-order valence-electron chi connectivity index (χ3n) is 3.55. The molecule has 0 aliphatic heterocycles. The molecule has 0 fully saturated rings. The Balaban J connectivity index is 2.50. The van der Waals surface area contributed by atoms with Crippen LogP contribution < -0.4 is 14.8 Å². The Morgan fingerprint density at radius 1 is 1.17 bits per heavy atom. The van der Waals surface area contributed by atoms with Crippen molar-refractivity contribution >= 4 is 11.8 Å². The molecule has 0 radical (unpaired) electrons. The van der Waals surface area contributed by atoms with Crippen molar-refractivity contribution in [1.82, 2.24) is 10.2 Å². The average Bonchev–Trinajstić information content (AvgIpc) is 2.53. The van der Waals surface area contributed by atoms with Crippen molar-refractivity contribution < 1.29 is 19.1 Å². The second-order valence-corrected chi connectivity index (χ2v) is 6.07. The van der Waals surface area contributed by atoms with Crippen LogP contribution in [0.2, 0.25) is 0 Å². The van der Waals surface area contributed by atoms with E-state index in [-0.39, 0.29) is 18.2 Å². The summed E-state index contributed by atoms with van der Waals surface area (Å²) in [5, 5.41) is 2.85. The second-order valence-electron chi connectivity index (χ2n) is 6.07. The predicted octanol–water partition coefficient (Wildman–Crippen LogP) is 1.87. The topological polar surface area (TPSA) is 67.9 Å². The van der Waals surface area contributed by atoms with E-state index in [0.717, 1.165) is 5.56 Å². The van der Waals surface area contributed by atoms with Gasteiger partial charge in [0.15, 0.2) is 11.5 Å². The summed E-state index contributed by atoms with van der Waals surface area (Å²) in [6.45, 7) is 7.33. The first-order valence-electron chi connectivity index (χ1n) is 8.10. The van der Waals surface area contributed by atoms with Crippen LogP contribution in [0.3, 0.4) is 0 Å². The molecule has 1 rings (SSSR count). The largest absolute Gasteiger partial charge is 0.493 e. The highest BCUT2D eigenvalue weighted by atomic mass is 16.5. The van der Waals surface area contributed by atoms with Crippen molar-refractivity contribution in [2.45, 2.75) is 27.2 Å². The lowest BCUT2D eigenvalue weighted by Crippen LogP contribution is -2.39. The van der Waals surface area contributed by atoms with Crippen molar-refractivity contribution in [2.24, 2.45) is 5.92 Å². The molecular weight excluding hydrogens is 308 g/mol. The van der Waals surface area contributed by atoms with Gasteiger partial charge in [-0.05, 0) is 23.6 Å². The number of methoxy groups -OCH3 is 2. The first-order chi connectivity index (χ1) is 11.4. The van der Waals surface area contributed by atoms with Gasteiger partial charge in [-0.25, -0.2) is 0 Å². The molecule has 0 atom stereocenters. The lowest BCUT2D eigenvalue weighted by atomic mass is 10.1. The third kappa shape index (κ3) is 6.48. The van der Waals surface area contributed by atoms with Crippen LogP contribution in [0, 0.1) is 5.92 Å². The third-order valence-corrected chi connectivity index (χ3v) is 3.55. The van der Waals surface area contributed by atoms with E-state index < -0.39 is 0 Å². The summed E-state index contributed by atoms with van der Waals surface area (Å²) in [5.74, 6) is 1.57. The Kier molecular flexibility index (Phi) is 8.09. The number of nitrogens with zero attached hydrogens (tertiary/aromatic N) is 1. The highest BCUT2D eigenvalue weighted by molar-refractivity contribution is 5.79. The summed E-state index contributed by atoms with van der Waals surface area (Å²) in [6, 6.07) is 5.40. The Hall–Kier alpha value is -2.24. The Labute approximate surface area is 144 Å². The molecule has 1 N–H and O–H groups in total. The number of carbonyl (C=O) groups is 2. The van der Waals surface area contributed by atoms with Gasteiger partial charge in [0.2, 0.25) is 11.8 Å². The standard InChI is InChI=1S/C18H28N2O4/c1-13(2)12-20(14(3)21)9-8-19-18(22)11-15-6-7-16(23-4)17(10-15)24-5/h6-7,10,13H,8-9,11-12H2,1-5H3,(H,19,22). The molecule has 0 aliphatic rings. The lowest BCUT2D eigenvalue weighted by Gasteiger charge is -2.23. The summed E-state index contributed by atoms with van der Waals surface area (Å²) in [6.07, 6.45) is 0.255. The first-order valence-corrected chi connectivity index (χ1v) is 8.10. The van der Waals surface area contributed by atoms with Crippen molar-refractivity contribution in [2.75, 3.05) is 33.9 Å². The number of benzene rings is 1. The molecule has 0 aromatic heterocycles. The molecule has 0 saturated heterocycles. The number of rotatable bonds is 9. The van der Waals surface area contributed by atoms with Gasteiger partial charge in [0, 0.05) is 26.6 Å². The molecule has 0 bridgehead atoms. The zero-order valence-electron chi connectivity index (χ0n) is 15.2. The van der Waals surface area contributed by atoms with Crippen LogP contribution in [-0.2, 0) is 16.0 Å². The van der Waals surface area contributed by atoms with Gasteiger partial charge in [-0.15, -0.1) is 0 Å². The summed E-state index contributed by atoms with van der Waals surface area (Å²) in [4.78, 5) is 25.4. The fourth-order valence-electron chi connectivity index (χ4n) is 2.39. The van der Waals surface area contributed by atoms with Gasteiger partial charge in [-0.2, -0.15) is 0 Å². The maximum atomic E-state index is 12.1. The molecule has 0 unspecified atom stereocenters. The molecule has 6 nitrogen and oxygen atoms in total. The van der Waals surface area contributed by atoms with E-state index in [9.17, 15) is 9.59 Å². The minimum atomic E-state index is -0.0877. The van der Waals surface area contributed by atoms with Gasteiger partial charge < -0.3 is 19.7 Å². The molecule has 0 saturated carbocycles. The van der Waals surface area contributed by atoms with Crippen molar-refractivity contribution in [3.63, 3.8) is 0 Å². The fraction of sp³-hybridized carbons (Fsp3) is 0.556. The van der Waals surface area contributed by atoms with E-state index >= 15 is 0 Å². The minimum absolute atomic E-state index is 0.0258. The molecule has 1 aromatic carbocycles. The van der Waals surface area contributed by atoms with E-state index in [1.807, 2.05) is 6.07 Å². The number of amides is 2. The monoisotopic (exact) mass is 336 g/mol. The van der Waals surface area contributed by atoms with E-state index in [2.05, 4.69) is 19.2 Å². The molecule has 0 spiro atoms. The molecule has 134 valence electrons. The number of hydrogen-bond acceptors (Lipinski definition) is 4. The molecule has 6 heteroatoms. The van der Waals surface area contributed by atoms with Crippen LogP contribution in [0.4, 0.5) is 0 Å². The number of hydrogen-bond donors (Lipinski definition) is 1. The Morgan fingerprint density at radius 3 is 2.38 bits per heavy atom. The molecule has 0 aliphatic carbocycles. The lowest BCUT2D eigenvalue weighted by molar-refractivity contribution is -0.130. The zero-order chi connectivity index (χ0) is 18.1. The van der Waals surface area contributed by atoms with Gasteiger partial charge in [-0.1, -0.05) is 19.9 Å². The highest BCUT2D eigenvalue weighted by Crippen LogP contribution is 2.27. The summed E-state index contributed by atoms with van der Waals surface area (Å²) in [5.41, 5.74) is 0.843.